The van der Waals surface area contributed by atoms with Gasteiger partial charge in [-0.2, -0.15) is 5.26 Å². The van der Waals surface area contributed by atoms with E-state index in [1.807, 2.05) is 32.3 Å². The second-order valence-electron chi connectivity index (χ2n) is 7.54. The molecule has 0 aromatic heterocycles. The maximum absolute atomic E-state index is 9.43. The van der Waals surface area contributed by atoms with E-state index in [2.05, 4.69) is 66.6 Å². The van der Waals surface area contributed by atoms with Crippen molar-refractivity contribution in [1.29, 1.82) is 5.26 Å². The fourth-order valence-corrected chi connectivity index (χ4v) is 2.57. The molecule has 4 heteroatoms. The van der Waals surface area contributed by atoms with Gasteiger partial charge in [-0.1, -0.05) is 39.0 Å². The molecule has 0 unspecified atom stereocenters. The molecule has 0 aliphatic carbocycles. The van der Waals surface area contributed by atoms with E-state index in [-0.39, 0.29) is 5.41 Å². The summed E-state index contributed by atoms with van der Waals surface area (Å²) in [4.78, 5) is 2.06. The number of hydrogen-bond donors (Lipinski definition) is 2. The van der Waals surface area contributed by atoms with E-state index in [0.29, 0.717) is 12.1 Å². The Hall–Kier alpha value is -2.51. The Morgan fingerprint density at radius 1 is 1.00 bits per heavy atom. The summed E-state index contributed by atoms with van der Waals surface area (Å²) in [5.74, 6) is 0. The Balaban J connectivity index is 2.15. The van der Waals surface area contributed by atoms with Crippen LogP contribution in [0.15, 0.2) is 42.5 Å². The summed E-state index contributed by atoms with van der Waals surface area (Å²) in [6.45, 7) is 7.96. The van der Waals surface area contributed by atoms with Gasteiger partial charge in [-0.05, 0) is 49.3 Å². The van der Waals surface area contributed by atoms with E-state index in [9.17, 15) is 5.26 Å². The molecule has 2 N–H and O–H groups in total. The van der Waals surface area contributed by atoms with Gasteiger partial charge in [0.1, 0.15) is 0 Å². The first kappa shape index (κ1) is 18.8. The molecule has 2 rings (SSSR count). The van der Waals surface area contributed by atoms with Gasteiger partial charge in [0.25, 0.3) is 0 Å². The third-order valence-corrected chi connectivity index (χ3v) is 4.10. The van der Waals surface area contributed by atoms with Gasteiger partial charge in [0.15, 0.2) is 0 Å². The van der Waals surface area contributed by atoms with Gasteiger partial charge in [0.05, 0.1) is 18.3 Å². The highest BCUT2D eigenvalue weighted by atomic mass is 15.2. The van der Waals surface area contributed by atoms with Gasteiger partial charge in [0.2, 0.25) is 0 Å². The molecule has 0 heterocycles. The normalized spacial score (nSPS) is 11.2. The highest BCUT2D eigenvalue weighted by molar-refractivity contribution is 5.60. The second kappa shape index (κ2) is 8.04. The fourth-order valence-electron chi connectivity index (χ4n) is 2.57. The molecule has 0 fully saturated rings. The highest BCUT2D eigenvalue weighted by Crippen LogP contribution is 2.25. The highest BCUT2D eigenvalue weighted by Gasteiger charge is 2.13. The van der Waals surface area contributed by atoms with E-state index in [1.54, 1.807) is 0 Å². The van der Waals surface area contributed by atoms with Crippen molar-refractivity contribution in [3.8, 4) is 6.07 Å². The zero-order valence-electron chi connectivity index (χ0n) is 15.9. The third kappa shape index (κ3) is 5.23. The quantitative estimate of drug-likeness (QED) is 0.768. The van der Waals surface area contributed by atoms with E-state index in [1.165, 1.54) is 5.56 Å². The van der Waals surface area contributed by atoms with Crippen LogP contribution in [0.4, 0.5) is 11.4 Å². The monoisotopic (exact) mass is 336 g/mol. The van der Waals surface area contributed by atoms with Crippen molar-refractivity contribution in [2.45, 2.75) is 32.7 Å². The largest absolute Gasteiger partial charge is 0.381 e. The predicted molar refractivity (Wildman–Crippen MR) is 106 cm³/mol. The fraction of sp³-hybridized carbons (Fsp3) is 0.381. The minimum atomic E-state index is 0.148. The Labute approximate surface area is 151 Å². The maximum Gasteiger partial charge on any atom is 0.0996 e. The van der Waals surface area contributed by atoms with Crippen LogP contribution in [0.25, 0.3) is 0 Å². The minimum absolute atomic E-state index is 0.148. The molecule has 25 heavy (non-hydrogen) atoms. The maximum atomic E-state index is 9.43. The molecular formula is C21H28N4. The lowest BCUT2D eigenvalue weighted by atomic mass is 9.87. The average molecular weight is 336 g/mol. The molecular weight excluding hydrogens is 308 g/mol. The Morgan fingerprint density at radius 3 is 2.24 bits per heavy atom. The number of anilines is 2. The molecule has 0 radical (unpaired) electrons. The molecule has 4 nitrogen and oxygen atoms in total. The Morgan fingerprint density at radius 2 is 1.68 bits per heavy atom. The van der Waals surface area contributed by atoms with Gasteiger partial charge in [0, 0.05) is 23.5 Å². The smallest absolute Gasteiger partial charge is 0.0996 e. The standard InChI is InChI=1S/C21H28N4/c1-21(2,3)17-9-11-18(12-10-17)23-14-19-16(13-22)7-6-8-20(19)24-15-25(4)5/h6-12,23-24H,14-15H2,1-5H3. The molecule has 0 aliphatic rings. The van der Waals surface area contributed by atoms with Gasteiger partial charge >= 0.3 is 0 Å². The molecule has 132 valence electrons. The second-order valence-corrected chi connectivity index (χ2v) is 7.54. The van der Waals surface area contributed by atoms with Crippen molar-refractivity contribution in [1.82, 2.24) is 4.90 Å². The SMILES string of the molecule is CN(C)CNc1cccc(C#N)c1CNc1ccc(C(C)(C)C)cc1. The van der Waals surface area contributed by atoms with E-state index in [0.717, 1.165) is 23.6 Å². The summed E-state index contributed by atoms with van der Waals surface area (Å²) in [5, 5.41) is 16.3. The lowest BCUT2D eigenvalue weighted by molar-refractivity contribution is 0.440. The van der Waals surface area contributed by atoms with Gasteiger partial charge < -0.3 is 10.6 Å². The third-order valence-electron chi connectivity index (χ3n) is 4.10. The van der Waals surface area contributed by atoms with Crippen molar-refractivity contribution < 1.29 is 0 Å². The van der Waals surface area contributed by atoms with Crippen LogP contribution >= 0.6 is 0 Å². The van der Waals surface area contributed by atoms with Crippen LogP contribution in [0.1, 0.15) is 37.5 Å². The van der Waals surface area contributed by atoms with Crippen LogP contribution in [-0.4, -0.2) is 25.7 Å². The van der Waals surface area contributed by atoms with Crippen LogP contribution in [0.2, 0.25) is 0 Å². The summed E-state index contributed by atoms with van der Waals surface area (Å²) < 4.78 is 0. The number of nitriles is 1. The molecule has 0 spiro atoms. The first-order valence-electron chi connectivity index (χ1n) is 8.56. The van der Waals surface area contributed by atoms with Crippen molar-refractivity contribution in [3.63, 3.8) is 0 Å². The van der Waals surface area contributed by atoms with Crippen molar-refractivity contribution in [2.75, 3.05) is 31.4 Å². The summed E-state index contributed by atoms with van der Waals surface area (Å²) in [7, 11) is 4.02. The Bertz CT molecular complexity index is 734. The summed E-state index contributed by atoms with van der Waals surface area (Å²) in [5.41, 5.74) is 5.19. The van der Waals surface area contributed by atoms with Crippen molar-refractivity contribution in [2.24, 2.45) is 0 Å². The van der Waals surface area contributed by atoms with Crippen LogP contribution in [0, 0.1) is 11.3 Å². The van der Waals surface area contributed by atoms with Crippen molar-refractivity contribution >= 4 is 11.4 Å². The number of rotatable bonds is 6. The van der Waals surface area contributed by atoms with Crippen LogP contribution in [0.3, 0.4) is 0 Å². The van der Waals surface area contributed by atoms with Gasteiger partial charge in [-0.3, -0.25) is 4.90 Å². The zero-order valence-corrected chi connectivity index (χ0v) is 15.9. The van der Waals surface area contributed by atoms with Crippen LogP contribution < -0.4 is 10.6 Å². The number of nitrogens with one attached hydrogen (secondary N) is 2. The topological polar surface area (TPSA) is 51.1 Å². The summed E-state index contributed by atoms with van der Waals surface area (Å²) >= 11 is 0. The van der Waals surface area contributed by atoms with Crippen LogP contribution in [-0.2, 0) is 12.0 Å². The molecule has 0 saturated carbocycles. The lowest BCUT2D eigenvalue weighted by Gasteiger charge is -2.20. The Kier molecular flexibility index (Phi) is 6.06. The first-order chi connectivity index (χ1) is 11.8. The zero-order chi connectivity index (χ0) is 18.4. The summed E-state index contributed by atoms with van der Waals surface area (Å²) in [6.07, 6.45) is 0. The van der Waals surface area contributed by atoms with Crippen LogP contribution in [0.5, 0.6) is 0 Å². The lowest BCUT2D eigenvalue weighted by Crippen LogP contribution is -2.21. The van der Waals surface area contributed by atoms with Gasteiger partial charge in [-0.15, -0.1) is 0 Å². The average Bonchev–Trinajstić information content (AvgIpc) is 2.57. The molecule has 2 aromatic rings. The van der Waals surface area contributed by atoms with E-state index in [4.69, 9.17) is 0 Å². The molecule has 0 amide bonds. The molecule has 0 aliphatic heterocycles. The molecule has 0 bridgehead atoms. The predicted octanol–water partition coefficient (Wildman–Crippen LogP) is 4.40. The van der Waals surface area contributed by atoms with Crippen molar-refractivity contribution in [3.05, 3.63) is 59.2 Å². The number of hydrogen-bond acceptors (Lipinski definition) is 4. The molecule has 2 aromatic carbocycles. The van der Waals surface area contributed by atoms with E-state index < -0.39 is 0 Å². The minimum Gasteiger partial charge on any atom is -0.381 e. The van der Waals surface area contributed by atoms with E-state index >= 15 is 0 Å². The molecule has 0 saturated heterocycles. The molecule has 0 atom stereocenters. The summed E-state index contributed by atoms with van der Waals surface area (Å²) in [6, 6.07) is 16.6. The number of nitrogens with zero attached hydrogens (tertiary/aromatic N) is 2. The van der Waals surface area contributed by atoms with Gasteiger partial charge in [-0.25, -0.2) is 0 Å². The first-order valence-corrected chi connectivity index (χ1v) is 8.56. The number of benzene rings is 2.